The minimum absolute atomic E-state index is 0.0423. The number of rotatable bonds is 2. The highest BCUT2D eigenvalue weighted by molar-refractivity contribution is 5.60. The van der Waals surface area contributed by atoms with Gasteiger partial charge in [0.1, 0.15) is 40.9 Å². The predicted molar refractivity (Wildman–Crippen MR) is 119 cm³/mol. The van der Waals surface area contributed by atoms with Gasteiger partial charge in [0, 0.05) is 16.4 Å². The van der Waals surface area contributed by atoms with E-state index in [1.807, 2.05) is 24.3 Å². The lowest BCUT2D eigenvalue weighted by Gasteiger charge is -2.32. The van der Waals surface area contributed by atoms with Gasteiger partial charge in [0.15, 0.2) is 11.3 Å². The highest BCUT2D eigenvalue weighted by atomic mass is 16.5. The first-order valence-corrected chi connectivity index (χ1v) is 10.1. The summed E-state index contributed by atoms with van der Waals surface area (Å²) in [6.07, 6.45) is 9.65. The normalized spacial score (nSPS) is 18.4. The molecule has 2 heterocycles. The molecule has 0 aliphatic carbocycles. The molecule has 0 amide bonds. The molecule has 2 rings (SSSR count). The molecule has 0 N–H and O–H groups in total. The van der Waals surface area contributed by atoms with E-state index in [2.05, 4.69) is 47.6 Å². The number of allylic oxidation sites excluding steroid dienone is 9. The molecule has 5 heteroatoms. The molecule has 0 aromatic carbocycles. The first-order valence-electron chi connectivity index (χ1n) is 10.1. The lowest BCUT2D eigenvalue weighted by molar-refractivity contribution is 0.0954. The summed E-state index contributed by atoms with van der Waals surface area (Å²) >= 11 is 0. The van der Waals surface area contributed by atoms with Crippen molar-refractivity contribution >= 4 is 0 Å². The fourth-order valence-corrected chi connectivity index (χ4v) is 3.09. The van der Waals surface area contributed by atoms with Gasteiger partial charge in [-0.05, 0) is 31.6 Å². The summed E-state index contributed by atoms with van der Waals surface area (Å²) in [6, 6.07) is 5.70. The monoisotopic (exact) mass is 415 g/mol. The highest BCUT2D eigenvalue weighted by Crippen LogP contribution is 2.41. The summed E-state index contributed by atoms with van der Waals surface area (Å²) in [4.78, 5) is 0. The summed E-state index contributed by atoms with van der Waals surface area (Å²) in [5.74, 6) is 1.82. The summed E-state index contributed by atoms with van der Waals surface area (Å²) in [6.45, 7) is 16.3. The molecule has 0 aromatic rings. The van der Waals surface area contributed by atoms with Crippen LogP contribution in [0.5, 0.6) is 0 Å². The van der Waals surface area contributed by atoms with E-state index in [4.69, 9.17) is 9.47 Å². The number of nitriles is 3. The molecule has 0 aromatic heterocycles. The van der Waals surface area contributed by atoms with Crippen molar-refractivity contribution in [1.82, 2.24) is 0 Å². The van der Waals surface area contributed by atoms with Crippen molar-refractivity contribution in [3.8, 4) is 18.2 Å². The molecule has 160 valence electrons. The minimum atomic E-state index is -0.831. The van der Waals surface area contributed by atoms with Crippen molar-refractivity contribution in [3.63, 3.8) is 0 Å². The molecule has 0 spiro atoms. The van der Waals surface area contributed by atoms with Crippen molar-refractivity contribution in [3.05, 3.63) is 70.0 Å². The summed E-state index contributed by atoms with van der Waals surface area (Å²) in [5, 5.41) is 28.0. The Bertz CT molecular complexity index is 1040. The van der Waals surface area contributed by atoms with Crippen LogP contribution in [0.15, 0.2) is 70.0 Å². The van der Waals surface area contributed by atoms with Crippen LogP contribution in [0.2, 0.25) is 0 Å². The van der Waals surface area contributed by atoms with Crippen LogP contribution in [0.25, 0.3) is 0 Å². The van der Waals surface area contributed by atoms with Gasteiger partial charge in [0.2, 0.25) is 0 Å². The van der Waals surface area contributed by atoms with Crippen LogP contribution in [0.3, 0.4) is 0 Å². The van der Waals surface area contributed by atoms with Crippen LogP contribution < -0.4 is 0 Å². The zero-order valence-electron chi connectivity index (χ0n) is 19.5. The van der Waals surface area contributed by atoms with Crippen molar-refractivity contribution in [1.29, 1.82) is 15.8 Å². The Morgan fingerprint density at radius 1 is 0.935 bits per heavy atom. The fraction of sp³-hybridized carbons (Fsp3) is 0.423. The van der Waals surface area contributed by atoms with E-state index in [1.165, 1.54) is 0 Å². The smallest absolute Gasteiger partial charge is 0.172 e. The summed E-state index contributed by atoms with van der Waals surface area (Å²) in [7, 11) is 0. The highest BCUT2D eigenvalue weighted by Gasteiger charge is 2.38. The second kappa shape index (κ2) is 8.33. The van der Waals surface area contributed by atoms with Gasteiger partial charge in [-0.1, -0.05) is 59.8 Å². The number of nitrogens with zero attached hydrogens (tertiary/aromatic N) is 3. The zero-order chi connectivity index (χ0) is 23.6. The first-order chi connectivity index (χ1) is 14.2. The molecule has 0 saturated carbocycles. The van der Waals surface area contributed by atoms with Crippen LogP contribution in [0.1, 0.15) is 55.4 Å². The Morgan fingerprint density at radius 2 is 1.45 bits per heavy atom. The van der Waals surface area contributed by atoms with Gasteiger partial charge in [-0.2, -0.15) is 15.8 Å². The van der Waals surface area contributed by atoms with Crippen molar-refractivity contribution in [2.24, 2.45) is 10.8 Å². The SMILES string of the molecule is CC(C)(C)C1=CC(=C/C=C/C2=C(C#N)C(=C(C#N)C#N)OC2(C)C)C=C(C(C)(C)C)O1. The van der Waals surface area contributed by atoms with Gasteiger partial charge in [0.05, 0.1) is 0 Å². The number of ether oxygens (including phenoxy) is 2. The van der Waals surface area contributed by atoms with Crippen LogP contribution in [0.4, 0.5) is 0 Å². The maximum Gasteiger partial charge on any atom is 0.172 e. The predicted octanol–water partition coefficient (Wildman–Crippen LogP) is 6.29. The standard InChI is InChI=1S/C26H29N3O2/c1-24(2,3)21-12-17(13-22(30-21)25(4,5)6)10-9-11-20-19(16-29)23(18(14-27)15-28)31-26(20,7)8/h9-13H,1-8H3/b11-9+. The quantitative estimate of drug-likeness (QED) is 0.494. The molecular formula is C26H29N3O2. The zero-order valence-corrected chi connectivity index (χ0v) is 19.5. The van der Waals surface area contributed by atoms with Crippen molar-refractivity contribution in [2.45, 2.75) is 61.0 Å². The topological polar surface area (TPSA) is 89.8 Å². The minimum Gasteiger partial charge on any atom is -0.480 e. The van der Waals surface area contributed by atoms with E-state index in [9.17, 15) is 15.8 Å². The maximum absolute atomic E-state index is 9.65. The molecule has 0 fully saturated rings. The van der Waals surface area contributed by atoms with Crippen molar-refractivity contribution < 1.29 is 9.47 Å². The molecule has 0 saturated heterocycles. The van der Waals surface area contributed by atoms with E-state index >= 15 is 0 Å². The van der Waals surface area contributed by atoms with Gasteiger partial charge >= 0.3 is 0 Å². The third kappa shape index (κ3) is 5.17. The van der Waals surface area contributed by atoms with Crippen LogP contribution >= 0.6 is 0 Å². The van der Waals surface area contributed by atoms with Crippen LogP contribution in [0, 0.1) is 44.8 Å². The molecule has 0 unspecified atom stereocenters. The molecule has 0 atom stereocenters. The van der Waals surface area contributed by atoms with E-state index in [1.54, 1.807) is 32.1 Å². The second-order valence-corrected chi connectivity index (χ2v) is 10.1. The van der Waals surface area contributed by atoms with E-state index in [-0.39, 0.29) is 27.7 Å². The first kappa shape index (κ1) is 23.8. The number of hydrogen-bond acceptors (Lipinski definition) is 5. The Balaban J connectivity index is 2.55. The van der Waals surface area contributed by atoms with Gasteiger partial charge < -0.3 is 9.47 Å². The molecule has 2 aliphatic heterocycles. The fourth-order valence-electron chi connectivity index (χ4n) is 3.09. The van der Waals surface area contributed by atoms with Gasteiger partial charge in [-0.3, -0.25) is 0 Å². The summed E-state index contributed by atoms with van der Waals surface area (Å²) in [5.41, 5.74) is 0.498. The Hall–Kier alpha value is -3.49. The third-order valence-corrected chi connectivity index (χ3v) is 4.91. The van der Waals surface area contributed by atoms with Gasteiger partial charge in [-0.15, -0.1) is 0 Å². The van der Waals surface area contributed by atoms with E-state index in [0.717, 1.165) is 17.1 Å². The maximum atomic E-state index is 9.65. The molecule has 31 heavy (non-hydrogen) atoms. The largest absolute Gasteiger partial charge is 0.480 e. The average molecular weight is 416 g/mol. The molecule has 0 bridgehead atoms. The van der Waals surface area contributed by atoms with Crippen LogP contribution in [-0.4, -0.2) is 5.60 Å². The Labute approximate surface area is 185 Å². The second-order valence-electron chi connectivity index (χ2n) is 10.1. The molecular weight excluding hydrogens is 386 g/mol. The Kier molecular flexibility index (Phi) is 6.39. The van der Waals surface area contributed by atoms with Gasteiger partial charge in [-0.25, -0.2) is 0 Å². The Morgan fingerprint density at radius 3 is 1.87 bits per heavy atom. The molecule has 2 aliphatic rings. The number of hydrogen-bond donors (Lipinski definition) is 0. The summed E-state index contributed by atoms with van der Waals surface area (Å²) < 4.78 is 12.0. The average Bonchev–Trinajstić information content (AvgIpc) is 2.91. The van der Waals surface area contributed by atoms with Crippen molar-refractivity contribution in [2.75, 3.05) is 0 Å². The molecule has 0 radical (unpaired) electrons. The molecule has 5 nitrogen and oxygen atoms in total. The van der Waals surface area contributed by atoms with E-state index < -0.39 is 5.60 Å². The van der Waals surface area contributed by atoms with E-state index in [0.29, 0.717) is 5.57 Å². The van der Waals surface area contributed by atoms with Crippen LogP contribution in [-0.2, 0) is 9.47 Å². The lowest BCUT2D eigenvalue weighted by atomic mass is 9.87. The lowest BCUT2D eigenvalue weighted by Crippen LogP contribution is -2.21. The van der Waals surface area contributed by atoms with Gasteiger partial charge in [0.25, 0.3) is 0 Å². The third-order valence-electron chi connectivity index (χ3n) is 4.91.